The van der Waals surface area contributed by atoms with Gasteiger partial charge >= 0.3 is 5.97 Å². The van der Waals surface area contributed by atoms with Gasteiger partial charge in [-0.25, -0.2) is 9.78 Å². The molecule has 1 aliphatic heterocycles. The Labute approximate surface area is 168 Å². The largest absolute Gasteiger partial charge is 0.449 e. The van der Waals surface area contributed by atoms with Crippen molar-refractivity contribution < 1.29 is 14.3 Å². The summed E-state index contributed by atoms with van der Waals surface area (Å²) in [5.41, 5.74) is -0.530. The van der Waals surface area contributed by atoms with Gasteiger partial charge in [-0.15, -0.1) is 0 Å². The Hall–Kier alpha value is -3.21. The Morgan fingerprint density at radius 1 is 1.34 bits per heavy atom. The summed E-state index contributed by atoms with van der Waals surface area (Å²) in [7, 11) is 0. The minimum atomic E-state index is -1.08. The minimum Gasteiger partial charge on any atom is -0.449 e. The number of rotatable bonds is 5. The van der Waals surface area contributed by atoms with Crippen molar-refractivity contribution in [1.29, 1.82) is 5.26 Å². The first-order valence-corrected chi connectivity index (χ1v) is 9.64. The van der Waals surface area contributed by atoms with E-state index in [1.54, 1.807) is 17.6 Å². The zero-order chi connectivity index (χ0) is 21.3. The lowest BCUT2D eigenvalue weighted by Gasteiger charge is -2.28. The highest BCUT2D eigenvalue weighted by Gasteiger charge is 2.32. The molecule has 0 spiro atoms. The Bertz CT molecular complexity index is 1080. The predicted octanol–water partition coefficient (Wildman–Crippen LogP) is 1.94. The van der Waals surface area contributed by atoms with Gasteiger partial charge in [-0.3, -0.25) is 14.2 Å². The van der Waals surface area contributed by atoms with Crippen LogP contribution in [-0.2, 0) is 22.5 Å². The molecular weight excluding hydrogens is 372 g/mol. The summed E-state index contributed by atoms with van der Waals surface area (Å²) in [6.07, 6.45) is 0.520. The normalized spacial score (nSPS) is 16.0. The van der Waals surface area contributed by atoms with E-state index in [0.29, 0.717) is 23.3 Å². The minimum absolute atomic E-state index is 0.111. The van der Waals surface area contributed by atoms with Gasteiger partial charge in [0.2, 0.25) is 0 Å². The van der Waals surface area contributed by atoms with Crippen LogP contribution in [0.25, 0.3) is 10.9 Å². The molecule has 8 nitrogen and oxygen atoms in total. The van der Waals surface area contributed by atoms with Crippen LogP contribution < -0.4 is 10.9 Å². The number of benzene rings is 1. The van der Waals surface area contributed by atoms with Gasteiger partial charge in [-0.2, -0.15) is 5.26 Å². The molecule has 29 heavy (non-hydrogen) atoms. The molecule has 0 radical (unpaired) electrons. The second-order valence-corrected chi connectivity index (χ2v) is 7.83. The number of aromatic nitrogens is 2. The summed E-state index contributed by atoms with van der Waals surface area (Å²) >= 11 is 0. The van der Waals surface area contributed by atoms with Crippen molar-refractivity contribution in [2.45, 2.75) is 58.7 Å². The number of hydrogen-bond acceptors (Lipinski definition) is 6. The molecule has 152 valence electrons. The number of hydrogen-bond donors (Lipinski definition) is 1. The van der Waals surface area contributed by atoms with E-state index in [1.807, 2.05) is 13.8 Å². The van der Waals surface area contributed by atoms with E-state index in [4.69, 9.17) is 4.74 Å². The van der Waals surface area contributed by atoms with Crippen LogP contribution in [0.5, 0.6) is 0 Å². The Balaban J connectivity index is 1.78. The van der Waals surface area contributed by atoms with Crippen molar-refractivity contribution in [3.8, 4) is 6.07 Å². The summed E-state index contributed by atoms with van der Waals surface area (Å²) in [5.74, 6) is -0.650. The van der Waals surface area contributed by atoms with Gasteiger partial charge in [0, 0.05) is 13.0 Å². The zero-order valence-corrected chi connectivity index (χ0v) is 17.0. The third-order valence-corrected chi connectivity index (χ3v) is 5.48. The quantitative estimate of drug-likeness (QED) is 0.773. The van der Waals surface area contributed by atoms with Crippen molar-refractivity contribution in [3.63, 3.8) is 0 Å². The molecule has 3 rings (SSSR count). The summed E-state index contributed by atoms with van der Waals surface area (Å²) in [6, 6.07) is 6.64. The summed E-state index contributed by atoms with van der Waals surface area (Å²) in [5, 5.41) is 12.4. The Kier molecular flexibility index (Phi) is 5.42. The van der Waals surface area contributed by atoms with Crippen molar-refractivity contribution in [1.82, 2.24) is 14.9 Å². The lowest BCUT2D eigenvalue weighted by atomic mass is 9.90. The second-order valence-electron chi connectivity index (χ2n) is 7.83. The highest BCUT2D eigenvalue weighted by Crippen LogP contribution is 2.18. The molecule has 1 aliphatic rings. The van der Waals surface area contributed by atoms with E-state index in [1.165, 1.54) is 19.1 Å². The molecule has 1 aromatic carbocycles. The third kappa shape index (κ3) is 3.86. The highest BCUT2D eigenvalue weighted by molar-refractivity contribution is 5.95. The summed E-state index contributed by atoms with van der Waals surface area (Å²) in [6.45, 7) is 7.37. The lowest BCUT2D eigenvalue weighted by molar-refractivity contribution is -0.130. The van der Waals surface area contributed by atoms with Crippen LogP contribution in [-0.4, -0.2) is 33.1 Å². The molecule has 0 fully saturated rings. The topological polar surface area (TPSA) is 114 Å². The van der Waals surface area contributed by atoms with E-state index in [2.05, 4.69) is 16.4 Å². The maximum absolute atomic E-state index is 12.5. The number of nitrogens with one attached hydrogen (secondary N) is 1. The van der Waals surface area contributed by atoms with E-state index < -0.39 is 23.5 Å². The van der Waals surface area contributed by atoms with Gasteiger partial charge in [0.1, 0.15) is 11.4 Å². The first-order valence-electron chi connectivity index (χ1n) is 9.64. The zero-order valence-electron chi connectivity index (χ0n) is 17.0. The van der Waals surface area contributed by atoms with E-state index >= 15 is 0 Å². The molecule has 0 saturated carbocycles. The van der Waals surface area contributed by atoms with Crippen LogP contribution in [0, 0.1) is 17.2 Å². The monoisotopic (exact) mass is 396 g/mol. The summed E-state index contributed by atoms with van der Waals surface area (Å²) < 4.78 is 6.93. The number of fused-ring (bicyclic) bond motifs is 2. The molecule has 2 atom stereocenters. The first kappa shape index (κ1) is 20.5. The average Bonchev–Trinajstić information content (AvgIpc) is 3.16. The lowest BCUT2D eigenvalue weighted by Crippen LogP contribution is -2.52. The molecule has 1 N–H and O–H groups in total. The number of nitriles is 1. The molecule has 0 saturated heterocycles. The fourth-order valence-electron chi connectivity index (χ4n) is 3.15. The third-order valence-electron chi connectivity index (χ3n) is 5.48. The Morgan fingerprint density at radius 3 is 2.72 bits per heavy atom. The van der Waals surface area contributed by atoms with Crippen LogP contribution in [0.1, 0.15) is 50.3 Å². The van der Waals surface area contributed by atoms with Crippen LogP contribution in [0.2, 0.25) is 0 Å². The predicted molar refractivity (Wildman–Crippen MR) is 106 cm³/mol. The van der Waals surface area contributed by atoms with Crippen molar-refractivity contribution in [3.05, 3.63) is 39.9 Å². The standard InChI is InChI=1S/C21H24N4O4/c1-12(2)21(4,11-22)24-18(26)13(3)29-20(28)14-7-8-15-16(10-14)23-17-6-5-9-25(17)19(15)27/h7-8,10,12-13H,5-6,9H2,1-4H3,(H,24,26)/t13-,21+/m1/s1. The number of esters is 1. The molecule has 0 unspecified atom stereocenters. The number of nitrogens with zero attached hydrogens (tertiary/aromatic N) is 3. The molecule has 0 aliphatic carbocycles. The van der Waals surface area contributed by atoms with Crippen molar-refractivity contribution >= 4 is 22.8 Å². The molecule has 2 heterocycles. The first-order chi connectivity index (χ1) is 13.7. The van der Waals surface area contributed by atoms with Gasteiger partial charge in [0.25, 0.3) is 11.5 Å². The number of carbonyl (C=O) groups is 2. The second kappa shape index (κ2) is 7.66. The van der Waals surface area contributed by atoms with Crippen molar-refractivity contribution in [2.24, 2.45) is 5.92 Å². The molecule has 2 aromatic rings. The van der Waals surface area contributed by atoms with E-state index in [0.717, 1.165) is 12.8 Å². The molecule has 8 heteroatoms. The number of ether oxygens (including phenoxy) is 1. The van der Waals surface area contributed by atoms with Gasteiger partial charge in [0.15, 0.2) is 6.10 Å². The van der Waals surface area contributed by atoms with Gasteiger partial charge in [0.05, 0.1) is 22.5 Å². The van der Waals surface area contributed by atoms with Gasteiger partial charge in [-0.05, 0) is 44.4 Å². The maximum atomic E-state index is 12.5. The number of aryl methyl sites for hydroxylation is 1. The molecule has 1 aromatic heterocycles. The van der Waals surface area contributed by atoms with Crippen LogP contribution in [0.3, 0.4) is 0 Å². The highest BCUT2D eigenvalue weighted by atomic mass is 16.5. The SMILES string of the molecule is CC(C)[C@](C)(C#N)NC(=O)[C@@H](C)OC(=O)c1ccc2c(=O)n3c(nc2c1)CCC3. The van der Waals surface area contributed by atoms with Gasteiger partial charge in [-0.1, -0.05) is 13.8 Å². The summed E-state index contributed by atoms with van der Waals surface area (Å²) in [4.78, 5) is 41.9. The fraction of sp³-hybridized carbons (Fsp3) is 0.476. The molecular formula is C21H24N4O4. The maximum Gasteiger partial charge on any atom is 0.338 e. The number of carbonyl (C=O) groups excluding carboxylic acids is 2. The van der Waals surface area contributed by atoms with Crippen LogP contribution >= 0.6 is 0 Å². The Morgan fingerprint density at radius 2 is 2.07 bits per heavy atom. The fourth-order valence-corrected chi connectivity index (χ4v) is 3.15. The molecule has 1 amide bonds. The average molecular weight is 396 g/mol. The smallest absolute Gasteiger partial charge is 0.338 e. The van der Waals surface area contributed by atoms with E-state index in [9.17, 15) is 19.6 Å². The van der Waals surface area contributed by atoms with Gasteiger partial charge < -0.3 is 10.1 Å². The van der Waals surface area contributed by atoms with E-state index in [-0.39, 0.29) is 17.0 Å². The van der Waals surface area contributed by atoms with Crippen LogP contribution in [0.4, 0.5) is 0 Å². The van der Waals surface area contributed by atoms with Crippen LogP contribution in [0.15, 0.2) is 23.0 Å². The molecule has 0 bridgehead atoms. The number of amides is 1. The van der Waals surface area contributed by atoms with Crippen molar-refractivity contribution in [2.75, 3.05) is 0 Å².